The first-order chi connectivity index (χ1) is 13.0. The van der Waals surface area contributed by atoms with Crippen LogP contribution in [0.15, 0.2) is 60.7 Å². The highest BCUT2D eigenvalue weighted by atomic mass is 32.2. The lowest BCUT2D eigenvalue weighted by Crippen LogP contribution is -2.40. The number of carboxylic acids is 1. The van der Waals surface area contributed by atoms with Crippen molar-refractivity contribution in [2.24, 2.45) is 5.92 Å². The van der Waals surface area contributed by atoms with Gasteiger partial charge in [-0.15, -0.1) is 0 Å². The molecule has 0 saturated heterocycles. The average molecular weight is 385 g/mol. The molecule has 6 heteroatoms. The number of carbonyl (C=O) groups excluding carboxylic acids is 2. The van der Waals surface area contributed by atoms with Gasteiger partial charge in [0.25, 0.3) is 0 Å². The normalized spacial score (nSPS) is 11.6. The third kappa shape index (κ3) is 7.27. The predicted molar refractivity (Wildman–Crippen MR) is 106 cm³/mol. The van der Waals surface area contributed by atoms with Crippen LogP contribution < -0.4 is 0 Å². The van der Waals surface area contributed by atoms with Gasteiger partial charge < -0.3 is 10.0 Å². The molecular formula is C21H23NO4S. The summed E-state index contributed by atoms with van der Waals surface area (Å²) < 4.78 is 0. The van der Waals surface area contributed by atoms with Gasteiger partial charge >= 0.3 is 5.97 Å². The molecule has 0 unspecified atom stereocenters. The SMILES string of the molecule is CC(=O)SC[C@H](Cc1ccccc1)C(=O)N(CC(=O)O)Cc1ccccc1. The van der Waals surface area contributed by atoms with Gasteiger partial charge in [0, 0.05) is 19.2 Å². The highest BCUT2D eigenvalue weighted by Crippen LogP contribution is 2.19. The molecule has 0 radical (unpaired) electrons. The molecule has 5 nitrogen and oxygen atoms in total. The summed E-state index contributed by atoms with van der Waals surface area (Å²) in [5.41, 5.74) is 1.85. The van der Waals surface area contributed by atoms with Crippen LogP contribution in [0.1, 0.15) is 18.1 Å². The highest BCUT2D eigenvalue weighted by molar-refractivity contribution is 8.13. The minimum absolute atomic E-state index is 0.0614. The Balaban J connectivity index is 2.20. The number of benzene rings is 2. The van der Waals surface area contributed by atoms with Gasteiger partial charge in [-0.1, -0.05) is 72.4 Å². The van der Waals surface area contributed by atoms with Crippen LogP contribution >= 0.6 is 11.8 Å². The fourth-order valence-electron chi connectivity index (χ4n) is 2.77. The molecule has 0 aliphatic heterocycles. The van der Waals surface area contributed by atoms with E-state index in [0.717, 1.165) is 22.9 Å². The van der Waals surface area contributed by atoms with Crippen LogP contribution in [-0.4, -0.2) is 39.3 Å². The summed E-state index contributed by atoms with van der Waals surface area (Å²) in [6.07, 6.45) is 0.463. The van der Waals surface area contributed by atoms with Crippen LogP contribution in [0, 0.1) is 5.92 Å². The Bertz CT molecular complexity index is 764. The lowest BCUT2D eigenvalue weighted by molar-refractivity contribution is -0.146. The molecule has 142 valence electrons. The van der Waals surface area contributed by atoms with Crippen LogP contribution in [0.5, 0.6) is 0 Å². The van der Waals surface area contributed by atoms with E-state index in [-0.39, 0.29) is 24.1 Å². The molecule has 2 aromatic carbocycles. The molecule has 27 heavy (non-hydrogen) atoms. The Morgan fingerprint density at radius 3 is 2.04 bits per heavy atom. The second kappa shape index (κ2) is 10.5. The van der Waals surface area contributed by atoms with Crippen molar-refractivity contribution in [2.75, 3.05) is 12.3 Å². The van der Waals surface area contributed by atoms with Crippen molar-refractivity contribution in [1.82, 2.24) is 4.90 Å². The Morgan fingerprint density at radius 2 is 1.52 bits per heavy atom. The molecule has 2 aromatic rings. The molecule has 1 amide bonds. The number of thioether (sulfide) groups is 1. The third-order valence-electron chi connectivity index (χ3n) is 4.02. The van der Waals surface area contributed by atoms with E-state index in [4.69, 9.17) is 0 Å². The van der Waals surface area contributed by atoms with Crippen molar-refractivity contribution < 1.29 is 19.5 Å². The monoisotopic (exact) mass is 385 g/mol. The molecule has 2 rings (SSSR count). The fraction of sp³-hybridized carbons (Fsp3) is 0.286. The first-order valence-electron chi connectivity index (χ1n) is 8.67. The van der Waals surface area contributed by atoms with Crippen LogP contribution in [0.25, 0.3) is 0 Å². The molecule has 0 fully saturated rings. The van der Waals surface area contributed by atoms with E-state index in [0.29, 0.717) is 12.2 Å². The average Bonchev–Trinajstić information content (AvgIpc) is 2.65. The molecule has 0 spiro atoms. The topological polar surface area (TPSA) is 74.7 Å². The number of amides is 1. The van der Waals surface area contributed by atoms with E-state index >= 15 is 0 Å². The standard InChI is InChI=1S/C21H23NO4S/c1-16(23)27-15-19(12-17-8-4-2-5-9-17)21(26)22(14-20(24)25)13-18-10-6-3-7-11-18/h2-11,19H,12-15H2,1H3,(H,24,25)/t19-/m0/s1. The van der Waals surface area contributed by atoms with Crippen molar-refractivity contribution >= 4 is 28.8 Å². The van der Waals surface area contributed by atoms with Crippen molar-refractivity contribution in [1.29, 1.82) is 0 Å². The second-order valence-electron chi connectivity index (χ2n) is 6.26. The van der Waals surface area contributed by atoms with Gasteiger partial charge in [0.1, 0.15) is 6.54 Å². The van der Waals surface area contributed by atoms with E-state index < -0.39 is 11.9 Å². The summed E-state index contributed by atoms with van der Waals surface area (Å²) in [7, 11) is 0. The largest absolute Gasteiger partial charge is 0.480 e. The van der Waals surface area contributed by atoms with Gasteiger partial charge in [0.15, 0.2) is 5.12 Å². The smallest absolute Gasteiger partial charge is 0.323 e. The fourth-order valence-corrected chi connectivity index (χ4v) is 3.47. The molecule has 0 bridgehead atoms. The van der Waals surface area contributed by atoms with Gasteiger partial charge in [-0.05, 0) is 17.5 Å². The number of nitrogens with zero attached hydrogens (tertiary/aromatic N) is 1. The summed E-state index contributed by atoms with van der Waals surface area (Å²) in [5, 5.41) is 9.19. The molecule has 1 atom stereocenters. The maximum atomic E-state index is 13.1. The summed E-state index contributed by atoms with van der Waals surface area (Å²) in [5.74, 6) is -1.45. The van der Waals surface area contributed by atoms with Gasteiger partial charge in [-0.25, -0.2) is 0 Å². The summed E-state index contributed by atoms with van der Waals surface area (Å²) >= 11 is 1.10. The zero-order chi connectivity index (χ0) is 19.6. The molecule has 0 aliphatic rings. The quantitative estimate of drug-likeness (QED) is 0.717. The second-order valence-corrected chi connectivity index (χ2v) is 7.46. The lowest BCUT2D eigenvalue weighted by Gasteiger charge is -2.26. The van der Waals surface area contributed by atoms with E-state index in [2.05, 4.69) is 0 Å². The van der Waals surface area contributed by atoms with Crippen molar-refractivity contribution in [3.8, 4) is 0 Å². The van der Waals surface area contributed by atoms with Crippen LogP contribution in [0.3, 0.4) is 0 Å². The first-order valence-corrected chi connectivity index (χ1v) is 9.66. The maximum absolute atomic E-state index is 13.1. The molecular weight excluding hydrogens is 362 g/mol. The van der Waals surface area contributed by atoms with Gasteiger partial charge in [0.05, 0.1) is 5.92 Å². The molecule has 1 N–H and O–H groups in total. The molecule has 0 aromatic heterocycles. The number of aliphatic carboxylic acids is 1. The van der Waals surface area contributed by atoms with E-state index in [1.165, 1.54) is 11.8 Å². The lowest BCUT2D eigenvalue weighted by atomic mass is 9.99. The van der Waals surface area contributed by atoms with Crippen molar-refractivity contribution in [2.45, 2.75) is 19.9 Å². The van der Waals surface area contributed by atoms with Crippen molar-refractivity contribution in [3.05, 3.63) is 71.8 Å². The summed E-state index contributed by atoms with van der Waals surface area (Å²) in [6.45, 7) is 1.32. The van der Waals surface area contributed by atoms with Gasteiger partial charge in [-0.2, -0.15) is 0 Å². The third-order valence-corrected chi connectivity index (χ3v) is 4.99. The van der Waals surface area contributed by atoms with Crippen molar-refractivity contribution in [3.63, 3.8) is 0 Å². The maximum Gasteiger partial charge on any atom is 0.323 e. The Morgan fingerprint density at radius 1 is 0.963 bits per heavy atom. The Labute approximate surface area is 163 Å². The molecule has 0 saturated carbocycles. The number of rotatable bonds is 9. The minimum Gasteiger partial charge on any atom is -0.480 e. The predicted octanol–water partition coefficient (Wildman–Crippen LogP) is 3.24. The minimum atomic E-state index is -1.06. The number of carbonyl (C=O) groups is 3. The number of hydrogen-bond acceptors (Lipinski definition) is 4. The number of carboxylic acid groups (broad SMARTS) is 1. The highest BCUT2D eigenvalue weighted by Gasteiger charge is 2.27. The summed E-state index contributed by atoms with van der Waals surface area (Å²) in [6, 6.07) is 18.8. The molecule has 0 heterocycles. The number of hydrogen-bond donors (Lipinski definition) is 1. The van der Waals surface area contributed by atoms with Crippen LogP contribution in [0.2, 0.25) is 0 Å². The van der Waals surface area contributed by atoms with Gasteiger partial charge in [-0.3, -0.25) is 14.4 Å². The van der Waals surface area contributed by atoms with E-state index in [1.54, 1.807) is 0 Å². The van der Waals surface area contributed by atoms with E-state index in [1.807, 2.05) is 60.7 Å². The van der Waals surface area contributed by atoms with Gasteiger partial charge in [0.2, 0.25) is 5.91 Å². The zero-order valence-electron chi connectivity index (χ0n) is 15.2. The summed E-state index contributed by atoms with van der Waals surface area (Å²) in [4.78, 5) is 37.2. The Hall–Kier alpha value is -2.60. The van der Waals surface area contributed by atoms with Crippen LogP contribution in [0.4, 0.5) is 0 Å². The van der Waals surface area contributed by atoms with Crippen LogP contribution in [-0.2, 0) is 27.3 Å². The Kier molecular flexibility index (Phi) is 8.07. The van der Waals surface area contributed by atoms with E-state index in [9.17, 15) is 19.5 Å². The molecule has 0 aliphatic carbocycles. The first kappa shape index (κ1) is 20.7. The zero-order valence-corrected chi connectivity index (χ0v) is 16.0.